The first-order chi connectivity index (χ1) is 9.49. The zero-order valence-electron chi connectivity index (χ0n) is 10.9. The molecule has 0 radical (unpaired) electrons. The van der Waals surface area contributed by atoms with E-state index >= 15 is 0 Å². The Morgan fingerprint density at radius 2 is 2.10 bits per heavy atom. The highest BCUT2D eigenvalue weighted by Crippen LogP contribution is 2.23. The van der Waals surface area contributed by atoms with Crippen LogP contribution in [0, 0.1) is 0 Å². The lowest BCUT2D eigenvalue weighted by Crippen LogP contribution is -2.43. The van der Waals surface area contributed by atoms with Crippen LogP contribution in [-0.4, -0.2) is 29.3 Å². The van der Waals surface area contributed by atoms with Gasteiger partial charge in [-0.15, -0.1) is 0 Å². The van der Waals surface area contributed by atoms with E-state index in [-0.39, 0.29) is 5.91 Å². The summed E-state index contributed by atoms with van der Waals surface area (Å²) in [6, 6.07) is 4.76. The molecule has 0 aromatic heterocycles. The fraction of sp³-hybridized carbons (Fsp3) is 0.429. The molecule has 6 heteroatoms. The van der Waals surface area contributed by atoms with Crippen LogP contribution in [0.25, 0.3) is 0 Å². The molecule has 1 atom stereocenters. The molecule has 108 valence electrons. The maximum Gasteiger partial charge on any atom is 0.240 e. The molecule has 0 saturated carbocycles. The molecule has 2 rings (SSSR count). The summed E-state index contributed by atoms with van der Waals surface area (Å²) in [5, 5.41) is 1.12. The van der Waals surface area contributed by atoms with Gasteiger partial charge in [-0.3, -0.25) is 9.59 Å². The Morgan fingerprint density at radius 1 is 1.35 bits per heavy atom. The summed E-state index contributed by atoms with van der Waals surface area (Å²) in [5.41, 5.74) is 6.18. The number of aryl methyl sites for hydroxylation is 1. The number of benzene rings is 1. The molecule has 1 aliphatic rings. The van der Waals surface area contributed by atoms with Crippen LogP contribution in [0.5, 0.6) is 0 Å². The largest absolute Gasteiger partial charge is 0.368 e. The number of nitrogens with two attached hydrogens (primary N) is 1. The van der Waals surface area contributed by atoms with Crippen molar-refractivity contribution in [2.45, 2.75) is 31.7 Å². The molecule has 1 aromatic carbocycles. The average molecular weight is 315 g/mol. The monoisotopic (exact) mass is 314 g/mol. The first-order valence-electron chi connectivity index (χ1n) is 6.51. The van der Waals surface area contributed by atoms with Crippen LogP contribution >= 0.6 is 23.2 Å². The Morgan fingerprint density at radius 3 is 2.75 bits per heavy atom. The van der Waals surface area contributed by atoms with Gasteiger partial charge < -0.3 is 10.6 Å². The molecular weight excluding hydrogens is 299 g/mol. The molecule has 1 heterocycles. The Kier molecular flexibility index (Phi) is 4.89. The minimum Gasteiger partial charge on any atom is -0.368 e. The third-order valence-corrected chi connectivity index (χ3v) is 4.11. The van der Waals surface area contributed by atoms with Crippen molar-refractivity contribution in [1.29, 1.82) is 0 Å². The lowest BCUT2D eigenvalue weighted by atomic mass is 10.1. The summed E-state index contributed by atoms with van der Waals surface area (Å²) in [5.74, 6) is -0.488. The average Bonchev–Trinajstić information content (AvgIpc) is 2.86. The zero-order valence-corrected chi connectivity index (χ0v) is 12.5. The topological polar surface area (TPSA) is 63.4 Å². The summed E-state index contributed by atoms with van der Waals surface area (Å²) in [6.07, 6.45) is 2.31. The predicted octanol–water partition coefficient (Wildman–Crippen LogP) is 2.40. The number of nitrogens with zero attached hydrogens (tertiary/aromatic N) is 1. The van der Waals surface area contributed by atoms with Gasteiger partial charge in [-0.1, -0.05) is 29.3 Å². The maximum absolute atomic E-state index is 12.2. The molecule has 1 fully saturated rings. The second-order valence-corrected chi connectivity index (χ2v) is 5.73. The van der Waals surface area contributed by atoms with Crippen LogP contribution < -0.4 is 5.73 Å². The number of rotatable bonds is 4. The standard InChI is InChI=1S/C14H16Cl2N2O2/c15-10-5-3-9(11(16)8-10)4-6-13(19)18-7-1-2-12(18)14(17)20/h3,5,8,12H,1-2,4,6-7H2,(H2,17,20)/t12-/m0/s1. The number of primary amides is 1. The quantitative estimate of drug-likeness (QED) is 0.927. The Bertz CT molecular complexity index is 534. The fourth-order valence-electron chi connectivity index (χ4n) is 2.47. The van der Waals surface area contributed by atoms with Gasteiger partial charge >= 0.3 is 0 Å². The number of carbonyl (C=O) groups is 2. The van der Waals surface area contributed by atoms with Gasteiger partial charge in [0, 0.05) is 23.0 Å². The van der Waals surface area contributed by atoms with E-state index in [9.17, 15) is 9.59 Å². The molecule has 4 nitrogen and oxygen atoms in total. The fourth-order valence-corrected chi connectivity index (χ4v) is 2.97. The molecule has 0 bridgehead atoms. The van der Waals surface area contributed by atoms with Gasteiger partial charge in [0.1, 0.15) is 6.04 Å². The molecule has 0 spiro atoms. The molecule has 1 saturated heterocycles. The number of halogens is 2. The predicted molar refractivity (Wildman–Crippen MR) is 78.7 cm³/mol. The zero-order chi connectivity index (χ0) is 14.7. The van der Waals surface area contributed by atoms with Gasteiger partial charge in [0.2, 0.25) is 11.8 Å². The van der Waals surface area contributed by atoms with Crippen molar-refractivity contribution in [2.75, 3.05) is 6.54 Å². The number of hydrogen-bond donors (Lipinski definition) is 1. The van der Waals surface area contributed by atoms with Crippen molar-refractivity contribution in [3.05, 3.63) is 33.8 Å². The third-order valence-electron chi connectivity index (χ3n) is 3.52. The molecule has 0 unspecified atom stereocenters. The molecule has 1 aromatic rings. The molecule has 1 aliphatic heterocycles. The number of amides is 2. The van der Waals surface area contributed by atoms with Crippen molar-refractivity contribution < 1.29 is 9.59 Å². The number of carbonyl (C=O) groups excluding carboxylic acids is 2. The van der Waals surface area contributed by atoms with E-state index in [0.717, 1.165) is 12.0 Å². The highest BCUT2D eigenvalue weighted by Gasteiger charge is 2.32. The van der Waals surface area contributed by atoms with Gasteiger partial charge in [-0.25, -0.2) is 0 Å². The van der Waals surface area contributed by atoms with Crippen LogP contribution in [0.15, 0.2) is 18.2 Å². The Hall–Kier alpha value is -1.26. The second kappa shape index (κ2) is 6.46. The van der Waals surface area contributed by atoms with E-state index in [4.69, 9.17) is 28.9 Å². The van der Waals surface area contributed by atoms with Crippen molar-refractivity contribution in [2.24, 2.45) is 5.73 Å². The van der Waals surface area contributed by atoms with Crippen LogP contribution in [-0.2, 0) is 16.0 Å². The van der Waals surface area contributed by atoms with Gasteiger partial charge in [0.25, 0.3) is 0 Å². The van der Waals surface area contributed by atoms with E-state index in [1.54, 1.807) is 17.0 Å². The maximum atomic E-state index is 12.2. The summed E-state index contributed by atoms with van der Waals surface area (Å²) < 4.78 is 0. The molecule has 0 aliphatic carbocycles. The lowest BCUT2D eigenvalue weighted by Gasteiger charge is -2.22. The van der Waals surface area contributed by atoms with Crippen molar-refractivity contribution in [3.8, 4) is 0 Å². The summed E-state index contributed by atoms with van der Waals surface area (Å²) in [7, 11) is 0. The molecule has 20 heavy (non-hydrogen) atoms. The van der Waals surface area contributed by atoms with E-state index in [1.165, 1.54) is 0 Å². The normalized spacial score (nSPS) is 18.3. The van der Waals surface area contributed by atoms with Crippen LogP contribution in [0.4, 0.5) is 0 Å². The second-order valence-electron chi connectivity index (χ2n) is 4.88. The van der Waals surface area contributed by atoms with Crippen molar-refractivity contribution in [1.82, 2.24) is 4.90 Å². The first-order valence-corrected chi connectivity index (χ1v) is 7.27. The molecule has 2 N–H and O–H groups in total. The number of likely N-dealkylation sites (tertiary alicyclic amines) is 1. The summed E-state index contributed by atoms with van der Waals surface area (Å²) in [6.45, 7) is 0.598. The van der Waals surface area contributed by atoms with Gasteiger partial charge in [0.05, 0.1) is 0 Å². The van der Waals surface area contributed by atoms with E-state index in [2.05, 4.69) is 0 Å². The van der Waals surface area contributed by atoms with Gasteiger partial charge in [-0.2, -0.15) is 0 Å². The highest BCUT2D eigenvalue weighted by atomic mass is 35.5. The Balaban J connectivity index is 1.96. The van der Waals surface area contributed by atoms with Crippen LogP contribution in [0.3, 0.4) is 0 Å². The van der Waals surface area contributed by atoms with E-state index < -0.39 is 11.9 Å². The lowest BCUT2D eigenvalue weighted by molar-refractivity contribution is -0.137. The Labute approximate surface area is 127 Å². The minimum atomic E-state index is -0.455. The third kappa shape index (κ3) is 3.44. The minimum absolute atomic E-state index is 0.0580. The first kappa shape index (κ1) is 15.1. The van der Waals surface area contributed by atoms with Gasteiger partial charge in [0.15, 0.2) is 0 Å². The van der Waals surface area contributed by atoms with Crippen molar-refractivity contribution in [3.63, 3.8) is 0 Å². The molecule has 2 amide bonds. The SMILES string of the molecule is NC(=O)[C@@H]1CCCN1C(=O)CCc1ccc(Cl)cc1Cl. The van der Waals surface area contributed by atoms with Crippen LogP contribution in [0.1, 0.15) is 24.8 Å². The van der Waals surface area contributed by atoms with Crippen LogP contribution in [0.2, 0.25) is 10.0 Å². The van der Waals surface area contributed by atoms with E-state index in [1.807, 2.05) is 6.07 Å². The smallest absolute Gasteiger partial charge is 0.240 e. The van der Waals surface area contributed by atoms with Gasteiger partial charge in [-0.05, 0) is 37.0 Å². The highest BCUT2D eigenvalue weighted by molar-refractivity contribution is 6.35. The molecular formula is C14H16Cl2N2O2. The van der Waals surface area contributed by atoms with Crippen molar-refractivity contribution >= 4 is 35.0 Å². The number of hydrogen-bond acceptors (Lipinski definition) is 2. The summed E-state index contributed by atoms with van der Waals surface area (Å²) in [4.78, 5) is 25.0. The summed E-state index contributed by atoms with van der Waals surface area (Å²) >= 11 is 11.9. The van der Waals surface area contributed by atoms with E-state index in [0.29, 0.717) is 35.9 Å².